The van der Waals surface area contributed by atoms with Crippen molar-refractivity contribution < 1.29 is 4.48 Å². The Kier molecular flexibility index (Phi) is 3.97. The van der Waals surface area contributed by atoms with Crippen LogP contribution in [0.2, 0.25) is 0 Å². The molecule has 1 saturated heterocycles. The number of halogens is 2. The Morgan fingerprint density at radius 3 is 1.73 bits per heavy atom. The van der Waals surface area contributed by atoms with Gasteiger partial charge in [0.1, 0.15) is 0 Å². The molecule has 1 heterocycles. The van der Waals surface area contributed by atoms with E-state index in [1.165, 1.54) is 30.4 Å². The molecule has 0 atom stereocenters. The van der Waals surface area contributed by atoms with E-state index in [1.54, 1.807) is 0 Å². The summed E-state index contributed by atoms with van der Waals surface area (Å²) >= 11 is 11.5. The first-order valence-corrected chi connectivity index (χ1v) is 5.37. The number of hydrogen-bond acceptors (Lipinski definition) is 0. The van der Waals surface area contributed by atoms with E-state index < -0.39 is 0 Å². The van der Waals surface area contributed by atoms with E-state index in [0.717, 1.165) is 24.8 Å². The number of nitrogens with zero attached hydrogens (tertiary/aromatic N) is 1. The summed E-state index contributed by atoms with van der Waals surface area (Å²) in [6.45, 7) is 4.79. The SMILES string of the molecule is ClCC[N+]1(CCCl)CCCC1. The van der Waals surface area contributed by atoms with Gasteiger partial charge in [-0.25, -0.2) is 0 Å². The maximum atomic E-state index is 5.75. The molecule has 0 aromatic heterocycles. The Morgan fingerprint density at radius 1 is 0.909 bits per heavy atom. The highest BCUT2D eigenvalue weighted by atomic mass is 35.5. The number of rotatable bonds is 4. The van der Waals surface area contributed by atoms with Crippen LogP contribution in [0.1, 0.15) is 12.8 Å². The maximum Gasteiger partial charge on any atom is 0.0924 e. The van der Waals surface area contributed by atoms with Gasteiger partial charge in [0, 0.05) is 12.8 Å². The summed E-state index contributed by atoms with van der Waals surface area (Å²) in [4.78, 5) is 0. The fraction of sp³-hybridized carbons (Fsp3) is 1.00. The first-order chi connectivity index (χ1) is 5.33. The van der Waals surface area contributed by atoms with E-state index in [-0.39, 0.29) is 0 Å². The molecule has 11 heavy (non-hydrogen) atoms. The van der Waals surface area contributed by atoms with Gasteiger partial charge in [-0.15, -0.1) is 23.2 Å². The van der Waals surface area contributed by atoms with E-state index in [4.69, 9.17) is 23.2 Å². The Morgan fingerprint density at radius 2 is 1.36 bits per heavy atom. The third kappa shape index (κ3) is 2.50. The number of alkyl halides is 2. The lowest BCUT2D eigenvalue weighted by Gasteiger charge is -2.32. The summed E-state index contributed by atoms with van der Waals surface area (Å²) in [6.07, 6.45) is 2.71. The smallest absolute Gasteiger partial charge is 0.0924 e. The molecule has 0 aromatic carbocycles. The predicted molar refractivity (Wildman–Crippen MR) is 50.4 cm³/mol. The highest BCUT2D eigenvalue weighted by molar-refractivity contribution is 6.18. The minimum Gasteiger partial charge on any atom is -0.322 e. The number of hydrogen-bond donors (Lipinski definition) is 0. The molecule has 0 spiro atoms. The summed E-state index contributed by atoms with van der Waals surface area (Å²) in [5.74, 6) is 1.55. The van der Waals surface area contributed by atoms with Crippen molar-refractivity contribution in [2.24, 2.45) is 0 Å². The average Bonchev–Trinajstić information content (AvgIpc) is 2.39. The van der Waals surface area contributed by atoms with Crippen LogP contribution < -0.4 is 0 Å². The number of likely N-dealkylation sites (tertiary alicyclic amines) is 1. The van der Waals surface area contributed by atoms with Crippen LogP contribution in [0.25, 0.3) is 0 Å². The molecular formula is C8H16Cl2N+. The minimum absolute atomic E-state index is 0.775. The van der Waals surface area contributed by atoms with Crippen LogP contribution in [0, 0.1) is 0 Å². The second-order valence-corrected chi connectivity index (χ2v) is 4.08. The lowest BCUT2D eigenvalue weighted by Crippen LogP contribution is -2.48. The summed E-state index contributed by atoms with van der Waals surface area (Å²) < 4.78 is 1.17. The fourth-order valence-corrected chi connectivity index (χ4v) is 2.64. The third-order valence-corrected chi connectivity index (χ3v) is 2.97. The molecule has 3 heteroatoms. The molecule has 0 radical (unpaired) electrons. The van der Waals surface area contributed by atoms with Gasteiger partial charge in [-0.05, 0) is 0 Å². The van der Waals surface area contributed by atoms with Crippen LogP contribution >= 0.6 is 23.2 Å². The van der Waals surface area contributed by atoms with Crippen LogP contribution in [0.4, 0.5) is 0 Å². The van der Waals surface area contributed by atoms with Crippen molar-refractivity contribution in [2.45, 2.75) is 12.8 Å². The van der Waals surface area contributed by atoms with Gasteiger partial charge in [-0.1, -0.05) is 0 Å². The zero-order valence-electron chi connectivity index (χ0n) is 6.86. The molecule has 0 aliphatic carbocycles. The standard InChI is InChI=1S/C8H16Cl2N/c9-3-7-11(8-4-10)5-1-2-6-11/h1-8H2/q+1. The van der Waals surface area contributed by atoms with E-state index in [9.17, 15) is 0 Å². The second kappa shape index (κ2) is 4.54. The topological polar surface area (TPSA) is 0 Å². The summed E-state index contributed by atoms with van der Waals surface area (Å²) in [7, 11) is 0. The molecule has 0 aromatic rings. The molecule has 0 N–H and O–H groups in total. The zero-order chi connectivity index (χ0) is 8.16. The molecule has 1 aliphatic heterocycles. The predicted octanol–water partition coefficient (Wildman–Crippen LogP) is 2.07. The molecule has 0 saturated carbocycles. The van der Waals surface area contributed by atoms with Gasteiger partial charge >= 0.3 is 0 Å². The van der Waals surface area contributed by atoms with Crippen molar-refractivity contribution in [3.05, 3.63) is 0 Å². The van der Waals surface area contributed by atoms with Crippen molar-refractivity contribution in [3.63, 3.8) is 0 Å². The van der Waals surface area contributed by atoms with Crippen LogP contribution in [0.3, 0.4) is 0 Å². The van der Waals surface area contributed by atoms with Gasteiger partial charge in [0.15, 0.2) is 0 Å². The molecule has 0 bridgehead atoms. The molecule has 66 valence electrons. The van der Waals surface area contributed by atoms with Crippen molar-refractivity contribution >= 4 is 23.2 Å². The Hall–Kier alpha value is 0.540. The average molecular weight is 197 g/mol. The van der Waals surface area contributed by atoms with E-state index >= 15 is 0 Å². The molecule has 1 fully saturated rings. The summed E-state index contributed by atoms with van der Waals surface area (Å²) in [5.41, 5.74) is 0. The second-order valence-electron chi connectivity index (χ2n) is 3.32. The highest BCUT2D eigenvalue weighted by Crippen LogP contribution is 2.19. The van der Waals surface area contributed by atoms with Crippen molar-refractivity contribution in [3.8, 4) is 0 Å². The van der Waals surface area contributed by atoms with Gasteiger partial charge in [0.25, 0.3) is 0 Å². The lowest BCUT2D eigenvalue weighted by molar-refractivity contribution is -0.912. The van der Waals surface area contributed by atoms with Crippen molar-refractivity contribution in [1.82, 2.24) is 0 Å². The maximum absolute atomic E-state index is 5.75. The van der Waals surface area contributed by atoms with Crippen LogP contribution in [0.5, 0.6) is 0 Å². The van der Waals surface area contributed by atoms with Crippen LogP contribution in [0.15, 0.2) is 0 Å². The molecular weight excluding hydrogens is 181 g/mol. The first-order valence-electron chi connectivity index (χ1n) is 4.30. The Balaban J connectivity index is 2.40. The zero-order valence-corrected chi connectivity index (χ0v) is 8.37. The van der Waals surface area contributed by atoms with E-state index in [2.05, 4.69) is 0 Å². The van der Waals surface area contributed by atoms with Gasteiger partial charge in [-0.2, -0.15) is 0 Å². The fourth-order valence-electron chi connectivity index (χ4n) is 1.92. The quantitative estimate of drug-likeness (QED) is 0.478. The summed E-state index contributed by atoms with van der Waals surface area (Å²) in [6, 6.07) is 0. The number of quaternary nitrogens is 1. The Bertz CT molecular complexity index is 103. The van der Waals surface area contributed by atoms with E-state index in [0.29, 0.717) is 0 Å². The van der Waals surface area contributed by atoms with E-state index in [1.807, 2.05) is 0 Å². The Labute approximate surface area is 78.9 Å². The minimum atomic E-state index is 0.775. The lowest BCUT2D eigenvalue weighted by atomic mass is 10.4. The van der Waals surface area contributed by atoms with Crippen LogP contribution in [-0.4, -0.2) is 42.4 Å². The molecule has 1 nitrogen and oxygen atoms in total. The van der Waals surface area contributed by atoms with Crippen molar-refractivity contribution in [1.29, 1.82) is 0 Å². The van der Waals surface area contributed by atoms with Crippen LogP contribution in [-0.2, 0) is 0 Å². The monoisotopic (exact) mass is 196 g/mol. The normalized spacial score (nSPS) is 22.4. The molecule has 0 amide bonds. The molecule has 1 aliphatic rings. The molecule has 1 rings (SSSR count). The van der Waals surface area contributed by atoms with Gasteiger partial charge < -0.3 is 4.48 Å². The summed E-state index contributed by atoms with van der Waals surface area (Å²) in [5, 5.41) is 0. The first kappa shape index (κ1) is 9.63. The highest BCUT2D eigenvalue weighted by Gasteiger charge is 2.30. The third-order valence-electron chi connectivity index (χ3n) is 2.63. The van der Waals surface area contributed by atoms with Gasteiger partial charge in [0.05, 0.1) is 37.9 Å². The van der Waals surface area contributed by atoms with Crippen molar-refractivity contribution in [2.75, 3.05) is 37.9 Å². The van der Waals surface area contributed by atoms with Gasteiger partial charge in [0.2, 0.25) is 0 Å². The largest absolute Gasteiger partial charge is 0.322 e. The molecule has 0 unspecified atom stereocenters. The van der Waals surface area contributed by atoms with Gasteiger partial charge in [-0.3, -0.25) is 0 Å².